The van der Waals surface area contributed by atoms with Crippen molar-refractivity contribution in [1.29, 1.82) is 0 Å². The van der Waals surface area contributed by atoms with Crippen LogP contribution in [0.5, 0.6) is 0 Å². The zero-order chi connectivity index (χ0) is 8.43. The van der Waals surface area contributed by atoms with Crippen LogP contribution in [0.25, 0.3) is 0 Å². The minimum Gasteiger partial charge on any atom is -0.465 e. The van der Waals surface area contributed by atoms with Gasteiger partial charge in [0.2, 0.25) is 6.30 Å². The van der Waals surface area contributed by atoms with Crippen LogP contribution in [-0.4, -0.2) is 34.7 Å². The average molecular weight is 161 g/mol. The van der Waals surface area contributed by atoms with E-state index in [1.807, 2.05) is 0 Å². The maximum Gasteiger partial charge on any atom is 0.409 e. The van der Waals surface area contributed by atoms with Gasteiger partial charge in [0.25, 0.3) is 0 Å². The summed E-state index contributed by atoms with van der Waals surface area (Å²) in [4.78, 5) is 21.4. The van der Waals surface area contributed by atoms with Gasteiger partial charge in [0, 0.05) is 13.0 Å². The Morgan fingerprint density at radius 3 is 2.82 bits per heavy atom. The number of halogens is 1. The van der Waals surface area contributed by atoms with Gasteiger partial charge in [-0.1, -0.05) is 0 Å². The van der Waals surface area contributed by atoms with Gasteiger partial charge < -0.3 is 5.11 Å². The Labute approximate surface area is 62.6 Å². The Bertz CT molecular complexity index is 194. The van der Waals surface area contributed by atoms with Crippen molar-refractivity contribution in [1.82, 2.24) is 4.90 Å². The molecule has 0 spiro atoms. The van der Waals surface area contributed by atoms with Crippen molar-refractivity contribution in [2.24, 2.45) is 0 Å². The SMILES string of the molecule is O=C1CCCN(C(=O)O)[C@H]1F. The summed E-state index contributed by atoms with van der Waals surface area (Å²) in [7, 11) is 0. The van der Waals surface area contributed by atoms with E-state index in [-0.39, 0.29) is 13.0 Å². The first-order valence-corrected chi connectivity index (χ1v) is 3.29. The number of carbonyl (C=O) groups is 2. The molecular formula is C6H8FNO3. The lowest BCUT2D eigenvalue weighted by Gasteiger charge is -2.26. The predicted octanol–water partition coefficient (Wildman–Crippen LogP) is 0.625. The van der Waals surface area contributed by atoms with Gasteiger partial charge in [0.15, 0.2) is 5.78 Å². The van der Waals surface area contributed by atoms with Crippen molar-refractivity contribution in [2.45, 2.75) is 19.1 Å². The van der Waals surface area contributed by atoms with E-state index < -0.39 is 18.2 Å². The normalized spacial score (nSPS) is 25.4. The molecular weight excluding hydrogens is 153 g/mol. The van der Waals surface area contributed by atoms with E-state index in [4.69, 9.17) is 5.11 Å². The van der Waals surface area contributed by atoms with Crippen LogP contribution in [0.2, 0.25) is 0 Å². The second-order valence-corrected chi connectivity index (χ2v) is 2.38. The molecule has 0 aliphatic carbocycles. The third-order valence-electron chi connectivity index (χ3n) is 1.61. The number of likely N-dealkylation sites (tertiary alicyclic amines) is 1. The summed E-state index contributed by atoms with van der Waals surface area (Å²) < 4.78 is 12.7. The summed E-state index contributed by atoms with van der Waals surface area (Å²) >= 11 is 0. The third-order valence-corrected chi connectivity index (χ3v) is 1.61. The van der Waals surface area contributed by atoms with E-state index in [2.05, 4.69) is 0 Å². The monoisotopic (exact) mass is 161 g/mol. The van der Waals surface area contributed by atoms with Gasteiger partial charge >= 0.3 is 6.09 Å². The van der Waals surface area contributed by atoms with Crippen molar-refractivity contribution < 1.29 is 19.1 Å². The fourth-order valence-electron chi connectivity index (χ4n) is 1.02. The molecule has 1 atom stereocenters. The van der Waals surface area contributed by atoms with Crippen LogP contribution < -0.4 is 0 Å². The molecule has 1 saturated heterocycles. The summed E-state index contributed by atoms with van der Waals surface area (Å²) in [5, 5.41) is 8.36. The molecule has 1 heterocycles. The van der Waals surface area contributed by atoms with E-state index >= 15 is 0 Å². The Morgan fingerprint density at radius 1 is 1.73 bits per heavy atom. The molecule has 1 N–H and O–H groups in total. The molecule has 1 amide bonds. The summed E-state index contributed by atoms with van der Waals surface area (Å²) in [5.41, 5.74) is 0. The highest BCUT2D eigenvalue weighted by molar-refractivity contribution is 5.86. The van der Waals surface area contributed by atoms with Crippen LogP contribution in [0.1, 0.15) is 12.8 Å². The number of rotatable bonds is 0. The van der Waals surface area contributed by atoms with Crippen LogP contribution in [0.4, 0.5) is 9.18 Å². The quantitative estimate of drug-likeness (QED) is 0.530. The van der Waals surface area contributed by atoms with Crippen LogP contribution in [0.15, 0.2) is 0 Å². The molecule has 1 aliphatic rings. The molecule has 5 heteroatoms. The Morgan fingerprint density at radius 2 is 2.36 bits per heavy atom. The second-order valence-electron chi connectivity index (χ2n) is 2.38. The first kappa shape index (κ1) is 7.97. The highest BCUT2D eigenvalue weighted by Gasteiger charge is 2.32. The highest BCUT2D eigenvalue weighted by Crippen LogP contribution is 2.14. The predicted molar refractivity (Wildman–Crippen MR) is 33.9 cm³/mol. The third kappa shape index (κ3) is 1.47. The molecule has 1 rings (SSSR count). The maximum absolute atomic E-state index is 12.7. The Balaban J connectivity index is 2.65. The number of hydrogen-bond donors (Lipinski definition) is 1. The van der Waals surface area contributed by atoms with Gasteiger partial charge in [-0.3, -0.25) is 9.69 Å². The van der Waals surface area contributed by atoms with Crippen molar-refractivity contribution in [3.05, 3.63) is 0 Å². The zero-order valence-corrected chi connectivity index (χ0v) is 5.79. The summed E-state index contributed by atoms with van der Waals surface area (Å²) in [6.45, 7) is 0.113. The van der Waals surface area contributed by atoms with Gasteiger partial charge in [-0.15, -0.1) is 0 Å². The number of carbonyl (C=O) groups excluding carboxylic acids is 1. The Hall–Kier alpha value is -1.13. The smallest absolute Gasteiger partial charge is 0.409 e. The lowest BCUT2D eigenvalue weighted by Crippen LogP contribution is -2.45. The van der Waals surface area contributed by atoms with E-state index in [1.165, 1.54) is 0 Å². The number of hydrogen-bond acceptors (Lipinski definition) is 2. The van der Waals surface area contributed by atoms with Crippen molar-refractivity contribution in [3.8, 4) is 0 Å². The molecule has 1 fully saturated rings. The zero-order valence-electron chi connectivity index (χ0n) is 5.79. The number of piperidine rings is 1. The molecule has 0 saturated carbocycles. The van der Waals surface area contributed by atoms with Crippen molar-refractivity contribution >= 4 is 11.9 Å². The second kappa shape index (κ2) is 2.86. The molecule has 4 nitrogen and oxygen atoms in total. The molecule has 0 bridgehead atoms. The van der Waals surface area contributed by atoms with Crippen molar-refractivity contribution in [3.63, 3.8) is 0 Å². The molecule has 0 aromatic carbocycles. The van der Waals surface area contributed by atoms with Gasteiger partial charge in [0.1, 0.15) is 0 Å². The van der Waals surface area contributed by atoms with Gasteiger partial charge in [-0.25, -0.2) is 9.18 Å². The van der Waals surface area contributed by atoms with Crippen molar-refractivity contribution in [2.75, 3.05) is 6.54 Å². The summed E-state index contributed by atoms with van der Waals surface area (Å²) in [6.07, 6.45) is -2.75. The lowest BCUT2D eigenvalue weighted by atomic mass is 10.1. The topological polar surface area (TPSA) is 57.6 Å². The minimum atomic E-state index is -1.94. The number of carboxylic acid groups (broad SMARTS) is 1. The molecule has 0 aromatic heterocycles. The average Bonchev–Trinajstić information content (AvgIpc) is 1.94. The van der Waals surface area contributed by atoms with Gasteiger partial charge in [-0.2, -0.15) is 0 Å². The minimum absolute atomic E-state index is 0.113. The van der Waals surface area contributed by atoms with E-state index in [1.54, 1.807) is 0 Å². The first-order valence-electron chi connectivity index (χ1n) is 3.29. The fraction of sp³-hybridized carbons (Fsp3) is 0.667. The summed E-state index contributed by atoms with van der Waals surface area (Å²) in [6, 6.07) is 0. The van der Waals surface area contributed by atoms with E-state index in [0.717, 1.165) is 0 Å². The molecule has 0 unspecified atom stereocenters. The number of Topliss-reactive ketones (excluding diaryl/α,β-unsaturated/α-hetero) is 1. The number of amides is 1. The largest absolute Gasteiger partial charge is 0.465 e. The molecule has 62 valence electrons. The van der Waals surface area contributed by atoms with E-state index in [0.29, 0.717) is 11.3 Å². The number of alkyl halides is 1. The van der Waals surface area contributed by atoms with E-state index in [9.17, 15) is 14.0 Å². The van der Waals surface area contributed by atoms with Crippen LogP contribution in [0, 0.1) is 0 Å². The number of nitrogens with zero attached hydrogens (tertiary/aromatic N) is 1. The number of ketones is 1. The van der Waals surface area contributed by atoms with Crippen LogP contribution >= 0.6 is 0 Å². The lowest BCUT2D eigenvalue weighted by molar-refractivity contribution is -0.132. The maximum atomic E-state index is 12.7. The Kier molecular flexibility index (Phi) is 2.07. The molecule has 11 heavy (non-hydrogen) atoms. The van der Waals surface area contributed by atoms with Crippen LogP contribution in [0.3, 0.4) is 0 Å². The molecule has 1 aliphatic heterocycles. The van der Waals surface area contributed by atoms with Gasteiger partial charge in [0.05, 0.1) is 0 Å². The fourth-order valence-corrected chi connectivity index (χ4v) is 1.02. The molecule has 0 radical (unpaired) electrons. The standard InChI is InChI=1S/C6H8FNO3/c7-5-4(9)2-1-3-8(5)6(10)11/h5H,1-3H2,(H,10,11)/t5-/m1/s1. The van der Waals surface area contributed by atoms with Gasteiger partial charge in [-0.05, 0) is 6.42 Å². The summed E-state index contributed by atoms with van der Waals surface area (Å²) in [5.74, 6) is -0.640. The highest BCUT2D eigenvalue weighted by atomic mass is 19.1. The molecule has 0 aromatic rings. The first-order chi connectivity index (χ1) is 5.13. The van der Waals surface area contributed by atoms with Crippen LogP contribution in [-0.2, 0) is 4.79 Å².